The first-order valence-corrected chi connectivity index (χ1v) is 3.95. The van der Waals surface area contributed by atoms with Gasteiger partial charge in [0.15, 0.2) is 11.9 Å². The number of nitrogens with zero attached hydrogens (tertiary/aromatic N) is 2. The molecular formula is C7H11N3O2. The Labute approximate surface area is 69.9 Å². The summed E-state index contributed by atoms with van der Waals surface area (Å²) in [6.45, 7) is 2.45. The molecule has 66 valence electrons. The van der Waals surface area contributed by atoms with Gasteiger partial charge < -0.3 is 15.0 Å². The van der Waals surface area contributed by atoms with Gasteiger partial charge in [-0.05, 0) is 13.3 Å². The smallest absolute Gasteiger partial charge is 0.257 e. The van der Waals surface area contributed by atoms with Crippen LogP contribution in [0.2, 0.25) is 0 Å². The van der Waals surface area contributed by atoms with Gasteiger partial charge in [0.1, 0.15) is 0 Å². The summed E-state index contributed by atoms with van der Waals surface area (Å²) in [5.41, 5.74) is 5.77. The van der Waals surface area contributed by atoms with Crippen LogP contribution in [-0.2, 0) is 4.74 Å². The van der Waals surface area contributed by atoms with Gasteiger partial charge in [0.2, 0.25) is 0 Å². The van der Waals surface area contributed by atoms with Crippen LogP contribution in [0, 0.1) is 6.92 Å². The Morgan fingerprint density at radius 2 is 2.42 bits per heavy atom. The van der Waals surface area contributed by atoms with Crippen molar-refractivity contribution in [2.24, 2.45) is 5.73 Å². The number of aryl methyl sites for hydroxylation is 1. The third-order valence-electron chi connectivity index (χ3n) is 1.92. The van der Waals surface area contributed by atoms with Crippen LogP contribution in [0.4, 0.5) is 0 Å². The minimum atomic E-state index is -0.203. The van der Waals surface area contributed by atoms with E-state index in [0.717, 1.165) is 6.42 Å². The molecule has 1 aromatic rings. The second-order valence-electron chi connectivity index (χ2n) is 2.92. The van der Waals surface area contributed by atoms with E-state index in [1.54, 1.807) is 6.92 Å². The van der Waals surface area contributed by atoms with E-state index in [-0.39, 0.29) is 12.1 Å². The van der Waals surface area contributed by atoms with Crippen LogP contribution in [-0.4, -0.2) is 22.8 Å². The molecule has 1 aliphatic heterocycles. The molecule has 0 spiro atoms. The number of ether oxygens (including phenoxy) is 1. The molecule has 1 aromatic heterocycles. The van der Waals surface area contributed by atoms with Gasteiger partial charge in [0.25, 0.3) is 5.89 Å². The standard InChI is InChI=1S/C7H11N3O2/c1-4-9-7(12-10-4)6-5(8)2-3-11-6/h5-6H,2-3,8H2,1H3/t5-,6-/m0/s1. The molecule has 1 fully saturated rings. The van der Waals surface area contributed by atoms with Gasteiger partial charge in [-0.15, -0.1) is 0 Å². The van der Waals surface area contributed by atoms with E-state index in [9.17, 15) is 0 Å². The minimum absolute atomic E-state index is 0.00940. The quantitative estimate of drug-likeness (QED) is 0.648. The van der Waals surface area contributed by atoms with Gasteiger partial charge in [0.05, 0.1) is 0 Å². The molecule has 2 atom stereocenters. The lowest BCUT2D eigenvalue weighted by atomic mass is 10.1. The highest BCUT2D eigenvalue weighted by atomic mass is 16.5. The highest BCUT2D eigenvalue weighted by Gasteiger charge is 2.30. The lowest BCUT2D eigenvalue weighted by Gasteiger charge is -2.07. The van der Waals surface area contributed by atoms with Crippen molar-refractivity contribution in [3.63, 3.8) is 0 Å². The Morgan fingerprint density at radius 3 is 2.92 bits per heavy atom. The van der Waals surface area contributed by atoms with Gasteiger partial charge in [-0.2, -0.15) is 4.98 Å². The van der Waals surface area contributed by atoms with E-state index in [1.807, 2.05) is 0 Å². The van der Waals surface area contributed by atoms with Crippen LogP contribution in [0.15, 0.2) is 4.52 Å². The van der Waals surface area contributed by atoms with E-state index >= 15 is 0 Å². The number of rotatable bonds is 1. The number of aromatic nitrogens is 2. The van der Waals surface area contributed by atoms with Gasteiger partial charge in [-0.3, -0.25) is 0 Å². The lowest BCUT2D eigenvalue weighted by molar-refractivity contribution is 0.0767. The van der Waals surface area contributed by atoms with Crippen molar-refractivity contribution in [2.75, 3.05) is 6.61 Å². The maximum Gasteiger partial charge on any atom is 0.257 e. The van der Waals surface area contributed by atoms with Crippen LogP contribution in [0.3, 0.4) is 0 Å². The lowest BCUT2D eigenvalue weighted by Crippen LogP contribution is -2.23. The van der Waals surface area contributed by atoms with E-state index in [1.165, 1.54) is 0 Å². The summed E-state index contributed by atoms with van der Waals surface area (Å²) in [5.74, 6) is 1.12. The van der Waals surface area contributed by atoms with Crippen molar-refractivity contribution in [1.29, 1.82) is 0 Å². The van der Waals surface area contributed by atoms with E-state index < -0.39 is 0 Å². The van der Waals surface area contributed by atoms with Crippen molar-refractivity contribution < 1.29 is 9.26 Å². The van der Waals surface area contributed by atoms with Crippen LogP contribution in [0.1, 0.15) is 24.2 Å². The van der Waals surface area contributed by atoms with E-state index in [0.29, 0.717) is 18.3 Å². The summed E-state index contributed by atoms with van der Waals surface area (Å²) in [4.78, 5) is 4.06. The van der Waals surface area contributed by atoms with Gasteiger partial charge in [-0.1, -0.05) is 5.16 Å². The predicted octanol–water partition coefficient (Wildman–Crippen LogP) is 0.167. The third-order valence-corrected chi connectivity index (χ3v) is 1.92. The first-order chi connectivity index (χ1) is 5.77. The normalized spacial score (nSPS) is 29.5. The average Bonchev–Trinajstić information content (AvgIpc) is 2.58. The van der Waals surface area contributed by atoms with Gasteiger partial charge in [0, 0.05) is 12.6 Å². The zero-order valence-electron chi connectivity index (χ0n) is 6.86. The zero-order valence-corrected chi connectivity index (χ0v) is 6.86. The fourth-order valence-corrected chi connectivity index (χ4v) is 1.29. The fourth-order valence-electron chi connectivity index (χ4n) is 1.29. The highest BCUT2D eigenvalue weighted by Crippen LogP contribution is 2.25. The minimum Gasteiger partial charge on any atom is -0.367 e. The Kier molecular flexibility index (Phi) is 1.82. The largest absolute Gasteiger partial charge is 0.367 e. The first-order valence-electron chi connectivity index (χ1n) is 3.95. The summed E-state index contributed by atoms with van der Waals surface area (Å²) in [7, 11) is 0. The zero-order chi connectivity index (χ0) is 8.55. The molecule has 2 rings (SSSR count). The van der Waals surface area contributed by atoms with E-state index in [2.05, 4.69) is 10.1 Å². The average molecular weight is 169 g/mol. The first kappa shape index (κ1) is 7.70. The maximum absolute atomic E-state index is 5.77. The van der Waals surface area contributed by atoms with Crippen molar-refractivity contribution >= 4 is 0 Å². The van der Waals surface area contributed by atoms with Crippen molar-refractivity contribution in [1.82, 2.24) is 10.1 Å². The van der Waals surface area contributed by atoms with Crippen LogP contribution >= 0.6 is 0 Å². The van der Waals surface area contributed by atoms with Gasteiger partial charge in [-0.25, -0.2) is 0 Å². The predicted molar refractivity (Wildman–Crippen MR) is 40.3 cm³/mol. The summed E-state index contributed by atoms with van der Waals surface area (Å²) in [6.07, 6.45) is 0.651. The summed E-state index contributed by atoms with van der Waals surface area (Å²) < 4.78 is 10.3. The molecule has 1 aliphatic rings. The van der Waals surface area contributed by atoms with Crippen LogP contribution < -0.4 is 5.73 Å². The number of hydrogen-bond acceptors (Lipinski definition) is 5. The molecule has 0 aromatic carbocycles. The molecule has 2 heterocycles. The molecule has 1 saturated heterocycles. The summed E-state index contributed by atoms with van der Waals surface area (Å²) in [5, 5.41) is 3.67. The molecule has 0 bridgehead atoms. The van der Waals surface area contributed by atoms with Crippen molar-refractivity contribution in [3.8, 4) is 0 Å². The number of nitrogens with two attached hydrogens (primary N) is 1. The summed E-state index contributed by atoms with van der Waals surface area (Å²) >= 11 is 0. The van der Waals surface area contributed by atoms with Crippen molar-refractivity contribution in [2.45, 2.75) is 25.5 Å². The van der Waals surface area contributed by atoms with Crippen molar-refractivity contribution in [3.05, 3.63) is 11.7 Å². The molecule has 0 radical (unpaired) electrons. The Morgan fingerprint density at radius 1 is 1.58 bits per heavy atom. The molecule has 2 N–H and O–H groups in total. The SMILES string of the molecule is Cc1noc([C@H]2OCC[C@@H]2N)n1. The topological polar surface area (TPSA) is 74.2 Å². The molecular weight excluding hydrogens is 158 g/mol. The summed E-state index contributed by atoms with van der Waals surface area (Å²) in [6, 6.07) is -0.00940. The molecule has 5 heteroatoms. The molecule has 0 aliphatic carbocycles. The Balaban J connectivity index is 2.19. The van der Waals surface area contributed by atoms with Crippen LogP contribution in [0.5, 0.6) is 0 Å². The van der Waals surface area contributed by atoms with Gasteiger partial charge >= 0.3 is 0 Å². The Bertz CT molecular complexity index is 273. The monoisotopic (exact) mass is 169 g/mol. The molecule has 12 heavy (non-hydrogen) atoms. The Hall–Kier alpha value is -0.940. The maximum atomic E-state index is 5.77. The second kappa shape index (κ2) is 2.84. The van der Waals surface area contributed by atoms with E-state index in [4.69, 9.17) is 15.0 Å². The van der Waals surface area contributed by atoms with Crippen LogP contribution in [0.25, 0.3) is 0 Å². The second-order valence-corrected chi connectivity index (χ2v) is 2.92. The molecule has 0 amide bonds. The third kappa shape index (κ3) is 1.21. The number of hydrogen-bond donors (Lipinski definition) is 1. The highest BCUT2D eigenvalue weighted by molar-refractivity contribution is 4.95. The molecule has 0 saturated carbocycles. The molecule has 0 unspecified atom stereocenters. The molecule has 5 nitrogen and oxygen atoms in total. The fraction of sp³-hybridized carbons (Fsp3) is 0.714.